The van der Waals surface area contributed by atoms with Crippen molar-refractivity contribution in [3.63, 3.8) is 0 Å². The van der Waals surface area contributed by atoms with Crippen molar-refractivity contribution in [3.05, 3.63) is 0 Å². The number of esters is 2. The summed E-state index contributed by atoms with van der Waals surface area (Å²) in [6.07, 6.45) is -0.700. The molecule has 110 valence electrons. The van der Waals surface area contributed by atoms with Crippen molar-refractivity contribution < 1.29 is 28.6 Å². The first-order valence-corrected chi connectivity index (χ1v) is 5.81. The van der Waals surface area contributed by atoms with Gasteiger partial charge in [0.15, 0.2) is 0 Å². The molecule has 0 aromatic rings. The maximum atomic E-state index is 11.9. The number of hydrogen-bond donors (Lipinski definition) is 0. The highest BCUT2D eigenvalue weighted by atomic mass is 16.6. The molecule has 0 aliphatic heterocycles. The lowest BCUT2D eigenvalue weighted by atomic mass is 10.2. The molecule has 0 fully saturated rings. The first kappa shape index (κ1) is 17.2. The summed E-state index contributed by atoms with van der Waals surface area (Å²) in [6.45, 7) is 4.88. The van der Waals surface area contributed by atoms with Crippen LogP contribution in [0.4, 0.5) is 4.79 Å². The summed E-state index contributed by atoms with van der Waals surface area (Å²) < 4.78 is 14.1. The Bertz CT molecular complexity index is 334. The van der Waals surface area contributed by atoms with Gasteiger partial charge in [0.2, 0.25) is 0 Å². The van der Waals surface area contributed by atoms with E-state index in [0.717, 1.165) is 4.90 Å². The van der Waals surface area contributed by atoms with Gasteiger partial charge in [0.25, 0.3) is 0 Å². The summed E-state index contributed by atoms with van der Waals surface area (Å²) >= 11 is 0. The number of carbonyl (C=O) groups excluding carboxylic acids is 3. The van der Waals surface area contributed by atoms with Gasteiger partial charge < -0.3 is 14.2 Å². The number of rotatable bonds is 5. The van der Waals surface area contributed by atoms with Gasteiger partial charge in [-0.15, -0.1) is 0 Å². The van der Waals surface area contributed by atoms with E-state index in [1.54, 1.807) is 20.8 Å². The standard InChI is InChI=1S/C12H21NO6/c1-12(2,3)19-11(16)13(8-10(15)18-5)7-6-9(14)17-4/h6-8H2,1-5H3. The van der Waals surface area contributed by atoms with E-state index in [0.29, 0.717) is 0 Å². The zero-order valence-corrected chi connectivity index (χ0v) is 12.0. The topological polar surface area (TPSA) is 82.1 Å². The second-order valence-corrected chi connectivity index (χ2v) is 4.80. The van der Waals surface area contributed by atoms with Gasteiger partial charge in [-0.3, -0.25) is 14.5 Å². The van der Waals surface area contributed by atoms with Gasteiger partial charge in [0.05, 0.1) is 20.6 Å². The van der Waals surface area contributed by atoms with Crippen molar-refractivity contribution >= 4 is 18.0 Å². The summed E-state index contributed by atoms with van der Waals surface area (Å²) in [6, 6.07) is 0. The number of hydrogen-bond acceptors (Lipinski definition) is 6. The van der Waals surface area contributed by atoms with E-state index in [9.17, 15) is 14.4 Å². The molecule has 0 unspecified atom stereocenters. The minimum atomic E-state index is -0.684. The van der Waals surface area contributed by atoms with Crippen LogP contribution in [0.1, 0.15) is 27.2 Å². The first-order valence-electron chi connectivity index (χ1n) is 5.81. The smallest absolute Gasteiger partial charge is 0.410 e. The quantitative estimate of drug-likeness (QED) is 0.549. The number of carbonyl (C=O) groups is 3. The Hall–Kier alpha value is -1.79. The van der Waals surface area contributed by atoms with Crippen LogP contribution >= 0.6 is 0 Å². The number of methoxy groups -OCH3 is 2. The van der Waals surface area contributed by atoms with Crippen molar-refractivity contribution in [2.45, 2.75) is 32.8 Å². The second kappa shape index (κ2) is 7.60. The Kier molecular flexibility index (Phi) is 6.89. The van der Waals surface area contributed by atoms with Gasteiger partial charge in [-0.05, 0) is 20.8 Å². The molecular formula is C12H21NO6. The van der Waals surface area contributed by atoms with Gasteiger partial charge in [-0.2, -0.15) is 0 Å². The van der Waals surface area contributed by atoms with Gasteiger partial charge in [-0.1, -0.05) is 0 Å². The minimum Gasteiger partial charge on any atom is -0.469 e. The van der Waals surface area contributed by atoms with Gasteiger partial charge >= 0.3 is 18.0 Å². The van der Waals surface area contributed by atoms with Crippen LogP contribution in [0.3, 0.4) is 0 Å². The van der Waals surface area contributed by atoms with Gasteiger partial charge in [0.1, 0.15) is 12.1 Å². The van der Waals surface area contributed by atoms with E-state index in [2.05, 4.69) is 9.47 Å². The lowest BCUT2D eigenvalue weighted by molar-refractivity contribution is -0.144. The van der Waals surface area contributed by atoms with Crippen molar-refractivity contribution in [3.8, 4) is 0 Å². The largest absolute Gasteiger partial charge is 0.469 e. The molecule has 0 saturated carbocycles. The van der Waals surface area contributed by atoms with E-state index in [1.165, 1.54) is 14.2 Å². The summed E-state index contributed by atoms with van der Waals surface area (Å²) in [5.41, 5.74) is -0.684. The molecule has 0 saturated heterocycles. The highest BCUT2D eigenvalue weighted by molar-refractivity contribution is 5.78. The Morgan fingerprint density at radius 3 is 1.95 bits per heavy atom. The molecule has 0 heterocycles. The van der Waals surface area contributed by atoms with Crippen molar-refractivity contribution in [2.24, 2.45) is 0 Å². The fraction of sp³-hybridized carbons (Fsp3) is 0.750. The van der Waals surface area contributed by atoms with Gasteiger partial charge in [0, 0.05) is 6.54 Å². The molecule has 1 amide bonds. The molecule has 0 aliphatic carbocycles. The fourth-order valence-corrected chi connectivity index (χ4v) is 1.11. The molecule has 0 spiro atoms. The number of ether oxygens (including phenoxy) is 3. The second-order valence-electron chi connectivity index (χ2n) is 4.80. The molecule has 0 radical (unpaired) electrons. The van der Waals surface area contributed by atoms with Gasteiger partial charge in [-0.25, -0.2) is 4.79 Å². The van der Waals surface area contributed by atoms with Crippen LogP contribution < -0.4 is 0 Å². The molecule has 19 heavy (non-hydrogen) atoms. The molecule has 0 aromatic carbocycles. The third-order valence-corrected chi connectivity index (χ3v) is 2.01. The number of amides is 1. The van der Waals surface area contributed by atoms with E-state index < -0.39 is 23.6 Å². The minimum absolute atomic E-state index is 0.0211. The normalized spacial score (nSPS) is 10.6. The third kappa shape index (κ3) is 8.01. The molecule has 0 atom stereocenters. The molecule has 0 aliphatic rings. The Morgan fingerprint density at radius 2 is 1.53 bits per heavy atom. The van der Waals surface area contributed by atoms with Crippen LogP contribution in [0.5, 0.6) is 0 Å². The fourth-order valence-electron chi connectivity index (χ4n) is 1.11. The average molecular weight is 275 g/mol. The molecule has 0 rings (SSSR count). The predicted octanol–water partition coefficient (Wildman–Crippen LogP) is 0.960. The SMILES string of the molecule is COC(=O)CCN(CC(=O)OC)C(=O)OC(C)(C)C. The van der Waals surface area contributed by atoms with Crippen molar-refractivity contribution in [2.75, 3.05) is 27.3 Å². The Morgan fingerprint density at radius 1 is 1.00 bits per heavy atom. The van der Waals surface area contributed by atoms with Crippen LogP contribution in [0.2, 0.25) is 0 Å². The molecule has 0 bridgehead atoms. The molecule has 7 heteroatoms. The van der Waals surface area contributed by atoms with E-state index in [4.69, 9.17) is 4.74 Å². The van der Waals surface area contributed by atoms with Crippen LogP contribution in [0.25, 0.3) is 0 Å². The Labute approximate surface area is 112 Å². The van der Waals surface area contributed by atoms with Crippen LogP contribution in [-0.2, 0) is 23.8 Å². The number of nitrogens with zero attached hydrogens (tertiary/aromatic N) is 1. The third-order valence-electron chi connectivity index (χ3n) is 2.01. The summed E-state index contributed by atoms with van der Waals surface area (Å²) in [4.78, 5) is 35.2. The highest BCUT2D eigenvalue weighted by Crippen LogP contribution is 2.10. The molecule has 0 N–H and O–H groups in total. The summed E-state index contributed by atoms with van der Waals surface area (Å²) in [5, 5.41) is 0. The zero-order valence-electron chi connectivity index (χ0n) is 12.0. The zero-order chi connectivity index (χ0) is 15.1. The van der Waals surface area contributed by atoms with Crippen LogP contribution in [-0.4, -0.2) is 55.8 Å². The highest BCUT2D eigenvalue weighted by Gasteiger charge is 2.24. The molecule has 0 aromatic heterocycles. The summed E-state index contributed by atoms with van der Waals surface area (Å²) in [5.74, 6) is -1.06. The van der Waals surface area contributed by atoms with E-state index in [1.807, 2.05) is 0 Å². The lowest BCUT2D eigenvalue weighted by Crippen LogP contribution is -2.41. The first-order chi connectivity index (χ1) is 8.69. The average Bonchev–Trinajstić information content (AvgIpc) is 2.31. The molecular weight excluding hydrogens is 254 g/mol. The predicted molar refractivity (Wildman–Crippen MR) is 66.5 cm³/mol. The van der Waals surface area contributed by atoms with E-state index >= 15 is 0 Å². The maximum Gasteiger partial charge on any atom is 0.410 e. The molecule has 7 nitrogen and oxygen atoms in total. The monoisotopic (exact) mass is 275 g/mol. The lowest BCUT2D eigenvalue weighted by Gasteiger charge is -2.26. The maximum absolute atomic E-state index is 11.9. The Balaban J connectivity index is 4.61. The van der Waals surface area contributed by atoms with Crippen molar-refractivity contribution in [1.82, 2.24) is 4.90 Å². The van der Waals surface area contributed by atoms with Crippen molar-refractivity contribution in [1.29, 1.82) is 0 Å². The van der Waals surface area contributed by atoms with Crippen LogP contribution in [0.15, 0.2) is 0 Å². The van der Waals surface area contributed by atoms with E-state index in [-0.39, 0.29) is 19.5 Å². The summed E-state index contributed by atoms with van der Waals surface area (Å²) in [7, 11) is 2.47. The van der Waals surface area contributed by atoms with Crippen LogP contribution in [0, 0.1) is 0 Å².